The van der Waals surface area contributed by atoms with E-state index < -0.39 is 0 Å². The van der Waals surface area contributed by atoms with Crippen molar-refractivity contribution in [3.8, 4) is 11.4 Å². The Morgan fingerprint density at radius 3 is 2.46 bits per heavy atom. The molecule has 1 N–H and O–H groups in total. The van der Waals surface area contributed by atoms with E-state index in [1.807, 2.05) is 75.4 Å². The third-order valence-corrected chi connectivity index (χ3v) is 3.87. The van der Waals surface area contributed by atoms with Crippen LogP contribution in [0.4, 0.5) is 0 Å². The zero-order chi connectivity index (χ0) is 18.5. The molecule has 1 amide bonds. The first-order valence-electron chi connectivity index (χ1n) is 8.69. The molecule has 0 spiro atoms. The number of para-hydroxylation sites is 1. The molecule has 0 radical (unpaired) electrons. The van der Waals surface area contributed by atoms with Crippen molar-refractivity contribution in [2.45, 2.75) is 33.4 Å². The summed E-state index contributed by atoms with van der Waals surface area (Å²) in [6.45, 7) is 6.36. The Balaban J connectivity index is 1.64. The van der Waals surface area contributed by atoms with Crippen LogP contribution in [0.3, 0.4) is 0 Å². The summed E-state index contributed by atoms with van der Waals surface area (Å²) in [5.41, 5.74) is 3.26. The minimum Gasteiger partial charge on any atom is -0.491 e. The lowest BCUT2D eigenvalue weighted by molar-refractivity contribution is 0.0945. The van der Waals surface area contributed by atoms with Gasteiger partial charge in [-0.1, -0.05) is 30.3 Å². The van der Waals surface area contributed by atoms with E-state index in [-0.39, 0.29) is 12.0 Å². The molecule has 134 valence electrons. The number of amides is 1. The molecular formula is C21H23N3O2. The molecule has 3 rings (SSSR count). The van der Waals surface area contributed by atoms with Crippen molar-refractivity contribution in [3.05, 3.63) is 77.6 Å². The number of aryl methyl sites for hydroxylation is 1. The summed E-state index contributed by atoms with van der Waals surface area (Å²) in [6.07, 6.45) is 0.142. The lowest BCUT2D eigenvalue weighted by atomic mass is 10.2. The van der Waals surface area contributed by atoms with Gasteiger partial charge in [0, 0.05) is 12.2 Å². The fraction of sp³-hybridized carbons (Fsp3) is 0.238. The molecule has 5 nitrogen and oxygen atoms in total. The standard InChI is InChI=1S/C21H23N3O2/c1-15(2)26-19-11-9-17(10-12-19)14-22-21(25)20-13-16(3)24(23-20)18-7-5-4-6-8-18/h4-13,15H,14H2,1-3H3,(H,22,25). The molecule has 1 aromatic heterocycles. The Labute approximate surface area is 153 Å². The van der Waals surface area contributed by atoms with Gasteiger partial charge in [-0.3, -0.25) is 4.79 Å². The van der Waals surface area contributed by atoms with E-state index in [1.54, 1.807) is 10.7 Å². The van der Waals surface area contributed by atoms with Crippen LogP contribution in [0.1, 0.15) is 35.6 Å². The van der Waals surface area contributed by atoms with Gasteiger partial charge in [-0.05, 0) is 56.7 Å². The quantitative estimate of drug-likeness (QED) is 0.734. The summed E-state index contributed by atoms with van der Waals surface area (Å²) < 4.78 is 7.39. The molecular weight excluding hydrogens is 326 g/mol. The van der Waals surface area contributed by atoms with Crippen molar-refractivity contribution in [2.24, 2.45) is 0 Å². The molecule has 2 aromatic carbocycles. The Morgan fingerprint density at radius 1 is 1.12 bits per heavy atom. The minimum atomic E-state index is -0.190. The second-order valence-corrected chi connectivity index (χ2v) is 6.41. The van der Waals surface area contributed by atoms with Crippen molar-refractivity contribution >= 4 is 5.91 Å². The van der Waals surface area contributed by atoms with Crippen LogP contribution < -0.4 is 10.1 Å². The molecule has 0 aliphatic carbocycles. The van der Waals surface area contributed by atoms with E-state index >= 15 is 0 Å². The molecule has 3 aromatic rings. The van der Waals surface area contributed by atoms with Crippen LogP contribution in [0.5, 0.6) is 5.75 Å². The fourth-order valence-corrected chi connectivity index (χ4v) is 2.65. The number of carbonyl (C=O) groups excluding carboxylic acids is 1. The topological polar surface area (TPSA) is 56.1 Å². The van der Waals surface area contributed by atoms with Crippen LogP contribution in [0.2, 0.25) is 0 Å². The van der Waals surface area contributed by atoms with E-state index in [0.29, 0.717) is 12.2 Å². The van der Waals surface area contributed by atoms with Gasteiger partial charge in [0.1, 0.15) is 5.75 Å². The smallest absolute Gasteiger partial charge is 0.272 e. The number of rotatable bonds is 6. The van der Waals surface area contributed by atoms with Crippen LogP contribution in [-0.2, 0) is 6.54 Å². The number of ether oxygens (including phenoxy) is 1. The maximum Gasteiger partial charge on any atom is 0.272 e. The van der Waals surface area contributed by atoms with Gasteiger partial charge < -0.3 is 10.1 Å². The van der Waals surface area contributed by atoms with E-state index in [9.17, 15) is 4.79 Å². The van der Waals surface area contributed by atoms with Crippen molar-refractivity contribution < 1.29 is 9.53 Å². The number of carbonyl (C=O) groups is 1. The van der Waals surface area contributed by atoms with Gasteiger partial charge in [0.2, 0.25) is 0 Å². The normalized spacial score (nSPS) is 10.8. The first-order chi connectivity index (χ1) is 12.5. The Bertz CT molecular complexity index is 868. The van der Waals surface area contributed by atoms with E-state index in [4.69, 9.17) is 4.74 Å². The first-order valence-corrected chi connectivity index (χ1v) is 8.69. The molecule has 0 fully saturated rings. The van der Waals surface area contributed by atoms with E-state index in [2.05, 4.69) is 10.4 Å². The summed E-state index contributed by atoms with van der Waals surface area (Å²) in [5.74, 6) is 0.637. The van der Waals surface area contributed by atoms with Gasteiger partial charge in [-0.15, -0.1) is 0 Å². The van der Waals surface area contributed by atoms with Gasteiger partial charge in [0.25, 0.3) is 5.91 Å². The molecule has 0 aliphatic rings. The fourth-order valence-electron chi connectivity index (χ4n) is 2.65. The average Bonchev–Trinajstić information content (AvgIpc) is 3.03. The summed E-state index contributed by atoms with van der Waals surface area (Å²) in [7, 11) is 0. The second kappa shape index (κ2) is 7.87. The zero-order valence-corrected chi connectivity index (χ0v) is 15.3. The van der Waals surface area contributed by atoms with Crippen molar-refractivity contribution in [2.75, 3.05) is 0 Å². The maximum atomic E-state index is 12.4. The molecule has 0 unspecified atom stereocenters. The van der Waals surface area contributed by atoms with Crippen LogP contribution in [0.15, 0.2) is 60.7 Å². The molecule has 0 aliphatic heterocycles. The number of aromatic nitrogens is 2. The minimum absolute atomic E-state index is 0.142. The van der Waals surface area contributed by atoms with Crippen molar-refractivity contribution in [1.82, 2.24) is 15.1 Å². The number of hydrogen-bond acceptors (Lipinski definition) is 3. The van der Waals surface area contributed by atoms with Gasteiger partial charge in [0.05, 0.1) is 11.8 Å². The largest absolute Gasteiger partial charge is 0.491 e. The highest BCUT2D eigenvalue weighted by molar-refractivity contribution is 5.92. The second-order valence-electron chi connectivity index (χ2n) is 6.41. The van der Waals surface area contributed by atoms with Gasteiger partial charge >= 0.3 is 0 Å². The highest BCUT2D eigenvalue weighted by Gasteiger charge is 2.13. The molecule has 1 heterocycles. The van der Waals surface area contributed by atoms with Crippen LogP contribution in [-0.4, -0.2) is 21.8 Å². The molecule has 0 bridgehead atoms. The molecule has 0 saturated carbocycles. The zero-order valence-electron chi connectivity index (χ0n) is 15.3. The van der Waals surface area contributed by atoms with Gasteiger partial charge in [0.15, 0.2) is 5.69 Å². The third kappa shape index (κ3) is 4.30. The summed E-state index contributed by atoms with van der Waals surface area (Å²) in [4.78, 5) is 12.4. The van der Waals surface area contributed by atoms with E-state index in [1.165, 1.54) is 0 Å². The summed E-state index contributed by atoms with van der Waals surface area (Å²) >= 11 is 0. The molecule has 0 saturated heterocycles. The average molecular weight is 349 g/mol. The van der Waals surface area contributed by atoms with Gasteiger partial charge in [-0.25, -0.2) is 4.68 Å². The Hall–Kier alpha value is -3.08. The third-order valence-electron chi connectivity index (χ3n) is 3.87. The van der Waals surface area contributed by atoms with Crippen molar-refractivity contribution in [1.29, 1.82) is 0 Å². The Kier molecular flexibility index (Phi) is 5.37. The number of nitrogens with one attached hydrogen (secondary N) is 1. The summed E-state index contributed by atoms with van der Waals surface area (Å²) in [5, 5.41) is 7.34. The predicted octanol–water partition coefficient (Wildman–Crippen LogP) is 3.90. The molecule has 5 heteroatoms. The monoisotopic (exact) mass is 349 g/mol. The molecule has 0 atom stereocenters. The number of hydrogen-bond donors (Lipinski definition) is 1. The number of benzene rings is 2. The van der Waals surface area contributed by atoms with Gasteiger partial charge in [-0.2, -0.15) is 5.10 Å². The predicted molar refractivity (Wildman–Crippen MR) is 102 cm³/mol. The van der Waals surface area contributed by atoms with Crippen LogP contribution in [0, 0.1) is 6.92 Å². The SMILES string of the molecule is Cc1cc(C(=O)NCc2ccc(OC(C)C)cc2)nn1-c1ccccc1. The lowest BCUT2D eigenvalue weighted by Gasteiger charge is -2.10. The van der Waals surface area contributed by atoms with Crippen molar-refractivity contribution in [3.63, 3.8) is 0 Å². The lowest BCUT2D eigenvalue weighted by Crippen LogP contribution is -2.23. The Morgan fingerprint density at radius 2 is 1.81 bits per heavy atom. The summed E-state index contributed by atoms with van der Waals surface area (Å²) in [6, 6.07) is 19.3. The molecule has 26 heavy (non-hydrogen) atoms. The first kappa shape index (κ1) is 17.7. The van der Waals surface area contributed by atoms with Crippen LogP contribution in [0.25, 0.3) is 5.69 Å². The number of nitrogens with zero attached hydrogens (tertiary/aromatic N) is 2. The van der Waals surface area contributed by atoms with Crippen LogP contribution >= 0.6 is 0 Å². The highest BCUT2D eigenvalue weighted by Crippen LogP contribution is 2.14. The maximum absolute atomic E-state index is 12.4. The van der Waals surface area contributed by atoms with E-state index in [0.717, 1.165) is 22.7 Å². The highest BCUT2D eigenvalue weighted by atomic mass is 16.5.